The van der Waals surface area contributed by atoms with Gasteiger partial charge in [0.05, 0.1) is 25.6 Å². The Bertz CT molecular complexity index is 659. The molecule has 0 atom stereocenters. The molecule has 0 unspecified atom stereocenters. The third-order valence-electron chi connectivity index (χ3n) is 2.95. The summed E-state index contributed by atoms with van der Waals surface area (Å²) in [6, 6.07) is 14.5. The van der Waals surface area contributed by atoms with Crippen molar-refractivity contribution in [3.05, 3.63) is 52.2 Å². The quantitative estimate of drug-likeness (QED) is 0.863. The van der Waals surface area contributed by atoms with Gasteiger partial charge in [0.1, 0.15) is 0 Å². The summed E-state index contributed by atoms with van der Waals surface area (Å²) in [4.78, 5) is 3.45. The minimum atomic E-state index is 0.378. The van der Waals surface area contributed by atoms with Crippen LogP contribution in [0.5, 0.6) is 0 Å². The lowest BCUT2D eigenvalue weighted by Gasteiger charge is -2.23. The van der Waals surface area contributed by atoms with Crippen molar-refractivity contribution in [1.82, 2.24) is 0 Å². The van der Waals surface area contributed by atoms with Gasteiger partial charge in [-0.15, -0.1) is 11.3 Å². The zero-order valence-electron chi connectivity index (χ0n) is 11.7. The molecule has 1 aromatic heterocycles. The highest BCUT2D eigenvalue weighted by molar-refractivity contribution is 7.10. The van der Waals surface area contributed by atoms with E-state index in [-0.39, 0.29) is 0 Å². The molecular weight excluding hydrogens is 278 g/mol. The van der Waals surface area contributed by atoms with Crippen LogP contribution in [0, 0.1) is 23.2 Å². The molecule has 0 radical (unpaired) electrons. The summed E-state index contributed by atoms with van der Waals surface area (Å²) in [6.07, 6.45) is 0.514. The molecule has 0 aliphatic heterocycles. The summed E-state index contributed by atoms with van der Waals surface area (Å²) in [5.41, 5.74) is 7.53. The molecule has 0 spiro atoms. The molecule has 0 aliphatic carbocycles. The summed E-state index contributed by atoms with van der Waals surface area (Å²) >= 11 is 1.69. The predicted octanol–water partition coefficient (Wildman–Crippen LogP) is 2.98. The van der Waals surface area contributed by atoms with Gasteiger partial charge in [-0.3, -0.25) is 0 Å². The highest BCUT2D eigenvalue weighted by Gasteiger charge is 2.08. The standard InChI is InChI=1S/C17H17N3S/c18-9-4-6-15-12-17(21-14-15)13-20(11-5-10-19)16-7-2-1-3-8-16/h1-3,7-8,12,14H,5,9,11,13,18H2. The first-order chi connectivity index (χ1) is 10.3. The van der Waals surface area contributed by atoms with Crippen molar-refractivity contribution in [2.75, 3.05) is 18.0 Å². The first-order valence-corrected chi connectivity index (χ1v) is 7.64. The molecule has 2 rings (SSSR count). The molecule has 0 saturated carbocycles. The Morgan fingerprint density at radius 3 is 2.76 bits per heavy atom. The van der Waals surface area contributed by atoms with Gasteiger partial charge >= 0.3 is 0 Å². The minimum absolute atomic E-state index is 0.378. The van der Waals surface area contributed by atoms with E-state index in [1.807, 2.05) is 23.6 Å². The fourth-order valence-electron chi connectivity index (χ4n) is 1.99. The van der Waals surface area contributed by atoms with Crippen LogP contribution in [0.3, 0.4) is 0 Å². The van der Waals surface area contributed by atoms with Gasteiger partial charge in [-0.1, -0.05) is 30.0 Å². The number of anilines is 1. The van der Waals surface area contributed by atoms with E-state index in [4.69, 9.17) is 11.0 Å². The molecule has 0 amide bonds. The van der Waals surface area contributed by atoms with Crippen LogP contribution in [0.1, 0.15) is 16.9 Å². The largest absolute Gasteiger partial charge is 0.365 e. The lowest BCUT2D eigenvalue weighted by molar-refractivity contribution is 0.806. The van der Waals surface area contributed by atoms with Crippen molar-refractivity contribution in [3.63, 3.8) is 0 Å². The van der Waals surface area contributed by atoms with Gasteiger partial charge in [0.25, 0.3) is 0 Å². The van der Waals surface area contributed by atoms with E-state index < -0.39 is 0 Å². The van der Waals surface area contributed by atoms with Gasteiger partial charge in [0.2, 0.25) is 0 Å². The average Bonchev–Trinajstić information content (AvgIpc) is 2.97. The predicted molar refractivity (Wildman–Crippen MR) is 88.0 cm³/mol. The van der Waals surface area contributed by atoms with Crippen molar-refractivity contribution in [2.45, 2.75) is 13.0 Å². The first kappa shape index (κ1) is 15.1. The van der Waals surface area contributed by atoms with Gasteiger partial charge < -0.3 is 10.6 Å². The fourth-order valence-corrected chi connectivity index (χ4v) is 2.82. The minimum Gasteiger partial charge on any atom is -0.365 e. The van der Waals surface area contributed by atoms with E-state index in [9.17, 15) is 0 Å². The highest BCUT2D eigenvalue weighted by atomic mass is 32.1. The SMILES string of the molecule is N#CCCN(Cc1cc(C#CCN)cs1)c1ccccc1. The van der Waals surface area contributed by atoms with E-state index >= 15 is 0 Å². The molecule has 0 fully saturated rings. The Labute approximate surface area is 129 Å². The molecule has 21 heavy (non-hydrogen) atoms. The van der Waals surface area contributed by atoms with Gasteiger partial charge in [0, 0.05) is 28.1 Å². The lowest BCUT2D eigenvalue weighted by Crippen LogP contribution is -2.23. The number of thiophene rings is 1. The number of nitrogens with zero attached hydrogens (tertiary/aromatic N) is 2. The van der Waals surface area contributed by atoms with Crippen LogP contribution >= 0.6 is 11.3 Å². The molecule has 4 heteroatoms. The van der Waals surface area contributed by atoms with Crippen LogP contribution in [0.4, 0.5) is 5.69 Å². The van der Waals surface area contributed by atoms with Gasteiger partial charge in [-0.2, -0.15) is 5.26 Å². The Morgan fingerprint density at radius 1 is 1.24 bits per heavy atom. The fraction of sp³-hybridized carbons (Fsp3) is 0.235. The van der Waals surface area contributed by atoms with E-state index in [0.29, 0.717) is 13.0 Å². The van der Waals surface area contributed by atoms with Gasteiger partial charge in [0.15, 0.2) is 0 Å². The second kappa shape index (κ2) is 8.11. The molecule has 2 N–H and O–H groups in total. The molecular formula is C17H17N3S. The Kier molecular flexibility index (Phi) is 5.84. The number of nitriles is 1. The van der Waals surface area contributed by atoms with E-state index in [0.717, 1.165) is 24.3 Å². The number of rotatable bonds is 5. The second-order valence-corrected chi connectivity index (χ2v) is 5.47. The average molecular weight is 295 g/mol. The Morgan fingerprint density at radius 2 is 2.05 bits per heavy atom. The van der Waals surface area contributed by atoms with Crippen molar-refractivity contribution in [3.8, 4) is 17.9 Å². The molecule has 0 saturated heterocycles. The normalized spacial score (nSPS) is 9.52. The summed E-state index contributed by atoms with van der Waals surface area (Å²) < 4.78 is 0. The third kappa shape index (κ3) is 4.65. The van der Waals surface area contributed by atoms with Crippen molar-refractivity contribution >= 4 is 17.0 Å². The molecule has 3 nitrogen and oxygen atoms in total. The van der Waals surface area contributed by atoms with Crippen LogP contribution in [0.15, 0.2) is 41.8 Å². The van der Waals surface area contributed by atoms with Gasteiger partial charge in [-0.05, 0) is 18.2 Å². The van der Waals surface area contributed by atoms with Crippen LogP contribution in [-0.4, -0.2) is 13.1 Å². The maximum absolute atomic E-state index is 8.83. The van der Waals surface area contributed by atoms with E-state index in [1.165, 1.54) is 4.88 Å². The third-order valence-corrected chi connectivity index (χ3v) is 3.87. The number of hydrogen-bond acceptors (Lipinski definition) is 4. The summed E-state index contributed by atoms with van der Waals surface area (Å²) in [5.74, 6) is 5.91. The molecule has 2 aromatic rings. The van der Waals surface area contributed by atoms with Gasteiger partial charge in [-0.25, -0.2) is 0 Å². The first-order valence-electron chi connectivity index (χ1n) is 6.77. The van der Waals surface area contributed by atoms with Crippen LogP contribution in [-0.2, 0) is 6.54 Å². The number of nitrogens with two attached hydrogens (primary N) is 1. The topological polar surface area (TPSA) is 53.0 Å². The molecule has 1 aromatic carbocycles. The number of benzene rings is 1. The second-order valence-electron chi connectivity index (χ2n) is 4.47. The molecule has 106 valence electrons. The number of hydrogen-bond donors (Lipinski definition) is 1. The highest BCUT2D eigenvalue weighted by Crippen LogP contribution is 2.21. The number of para-hydroxylation sites is 1. The van der Waals surface area contributed by atoms with Crippen LogP contribution in [0.25, 0.3) is 0 Å². The van der Waals surface area contributed by atoms with Crippen molar-refractivity contribution < 1.29 is 0 Å². The smallest absolute Gasteiger partial charge is 0.0640 e. The molecule has 1 heterocycles. The summed E-state index contributed by atoms with van der Waals surface area (Å²) in [6.45, 7) is 1.90. The Hall–Kier alpha value is -2.27. The maximum atomic E-state index is 8.83. The summed E-state index contributed by atoms with van der Waals surface area (Å²) in [5, 5.41) is 10.9. The van der Waals surface area contributed by atoms with Crippen molar-refractivity contribution in [1.29, 1.82) is 5.26 Å². The maximum Gasteiger partial charge on any atom is 0.0640 e. The van der Waals surface area contributed by atoms with E-state index in [2.05, 4.69) is 41.0 Å². The molecule has 0 aliphatic rings. The Balaban J connectivity index is 2.11. The van der Waals surface area contributed by atoms with Crippen molar-refractivity contribution in [2.24, 2.45) is 5.73 Å². The monoisotopic (exact) mass is 295 g/mol. The zero-order chi connectivity index (χ0) is 14.9. The zero-order valence-corrected chi connectivity index (χ0v) is 12.6. The molecule has 0 bridgehead atoms. The van der Waals surface area contributed by atoms with E-state index in [1.54, 1.807) is 11.3 Å². The van der Waals surface area contributed by atoms with Crippen LogP contribution < -0.4 is 10.6 Å². The van der Waals surface area contributed by atoms with Crippen LogP contribution in [0.2, 0.25) is 0 Å². The lowest BCUT2D eigenvalue weighted by atomic mass is 10.2. The summed E-state index contributed by atoms with van der Waals surface area (Å²) in [7, 11) is 0.